The first-order valence-electron chi connectivity index (χ1n) is 5.66. The smallest absolute Gasteiger partial charge is 0.0505 e. The molecule has 0 amide bonds. The number of allylic oxidation sites excluding steroid dienone is 3. The maximum atomic E-state index is 9.54. The maximum absolute atomic E-state index is 9.54. The van der Waals surface area contributed by atoms with Crippen LogP contribution in [0.4, 0.5) is 0 Å². The van der Waals surface area contributed by atoms with Crippen molar-refractivity contribution in [2.45, 2.75) is 11.8 Å². The van der Waals surface area contributed by atoms with Crippen LogP contribution in [0.25, 0.3) is 0 Å². The second kappa shape index (κ2) is 3.49. The lowest BCUT2D eigenvalue weighted by atomic mass is 9.83. The van der Waals surface area contributed by atoms with Gasteiger partial charge < -0.3 is 10.8 Å². The SMILES string of the molecule is NC1=CC2C(C=C1)c1ccccc1C2CO. The van der Waals surface area contributed by atoms with Crippen LogP contribution in [-0.2, 0) is 0 Å². The van der Waals surface area contributed by atoms with Crippen LogP contribution in [0.15, 0.2) is 48.2 Å². The molecular formula is C14H15NO. The highest BCUT2D eigenvalue weighted by Crippen LogP contribution is 2.49. The van der Waals surface area contributed by atoms with E-state index >= 15 is 0 Å². The summed E-state index contributed by atoms with van der Waals surface area (Å²) in [5.41, 5.74) is 9.26. The third kappa shape index (κ3) is 1.23. The molecule has 1 aromatic carbocycles. The van der Waals surface area contributed by atoms with E-state index in [2.05, 4.69) is 30.4 Å². The zero-order valence-electron chi connectivity index (χ0n) is 9.01. The molecule has 0 bridgehead atoms. The quantitative estimate of drug-likeness (QED) is 0.748. The van der Waals surface area contributed by atoms with E-state index in [1.807, 2.05) is 12.1 Å². The Morgan fingerprint density at radius 1 is 1.19 bits per heavy atom. The van der Waals surface area contributed by atoms with Crippen LogP contribution in [0.1, 0.15) is 23.0 Å². The first-order valence-corrected chi connectivity index (χ1v) is 5.66. The van der Waals surface area contributed by atoms with Crippen molar-refractivity contribution in [1.82, 2.24) is 0 Å². The van der Waals surface area contributed by atoms with Gasteiger partial charge in [0.15, 0.2) is 0 Å². The number of hydrogen-bond donors (Lipinski definition) is 2. The third-order valence-corrected chi connectivity index (χ3v) is 3.71. The molecule has 0 saturated heterocycles. The predicted octanol–water partition coefficient (Wildman–Crippen LogP) is 1.89. The van der Waals surface area contributed by atoms with Gasteiger partial charge >= 0.3 is 0 Å². The molecule has 0 saturated carbocycles. The van der Waals surface area contributed by atoms with Crippen LogP contribution in [0.2, 0.25) is 0 Å². The minimum absolute atomic E-state index is 0.190. The summed E-state index contributed by atoms with van der Waals surface area (Å²) >= 11 is 0. The molecule has 82 valence electrons. The van der Waals surface area contributed by atoms with Gasteiger partial charge in [-0.15, -0.1) is 0 Å². The van der Waals surface area contributed by atoms with E-state index < -0.39 is 0 Å². The fraction of sp³-hybridized carbons (Fsp3) is 0.286. The second-order valence-corrected chi connectivity index (χ2v) is 4.55. The summed E-state index contributed by atoms with van der Waals surface area (Å²) in [5.74, 6) is 0.915. The maximum Gasteiger partial charge on any atom is 0.0505 e. The lowest BCUT2D eigenvalue weighted by Crippen LogP contribution is -2.16. The average Bonchev–Trinajstić information content (AvgIpc) is 2.61. The first kappa shape index (κ1) is 9.67. The number of aliphatic hydroxyl groups excluding tert-OH is 1. The minimum Gasteiger partial charge on any atom is -0.399 e. The van der Waals surface area contributed by atoms with Gasteiger partial charge in [0.25, 0.3) is 0 Å². The molecule has 3 unspecified atom stereocenters. The highest BCUT2D eigenvalue weighted by atomic mass is 16.3. The number of rotatable bonds is 1. The summed E-state index contributed by atoms with van der Waals surface area (Å²) in [6.45, 7) is 0.190. The normalized spacial score (nSPS) is 30.8. The van der Waals surface area contributed by atoms with Crippen molar-refractivity contribution in [2.24, 2.45) is 11.7 Å². The molecule has 0 radical (unpaired) electrons. The fourth-order valence-corrected chi connectivity index (χ4v) is 2.98. The van der Waals surface area contributed by atoms with Gasteiger partial charge in [-0.2, -0.15) is 0 Å². The fourth-order valence-electron chi connectivity index (χ4n) is 2.98. The van der Waals surface area contributed by atoms with Gasteiger partial charge in [0.05, 0.1) is 6.61 Å². The molecule has 2 nitrogen and oxygen atoms in total. The molecule has 3 rings (SSSR count). The highest BCUT2D eigenvalue weighted by Gasteiger charge is 2.38. The van der Waals surface area contributed by atoms with Gasteiger partial charge in [0, 0.05) is 17.5 Å². The topological polar surface area (TPSA) is 46.2 Å². The number of fused-ring (bicyclic) bond motifs is 3. The van der Waals surface area contributed by atoms with E-state index in [4.69, 9.17) is 5.73 Å². The molecule has 2 heteroatoms. The highest BCUT2D eigenvalue weighted by molar-refractivity contribution is 5.47. The van der Waals surface area contributed by atoms with E-state index in [0.717, 1.165) is 5.70 Å². The van der Waals surface area contributed by atoms with Gasteiger partial charge in [-0.1, -0.05) is 36.4 Å². The minimum atomic E-state index is 0.190. The van der Waals surface area contributed by atoms with Gasteiger partial charge in [-0.3, -0.25) is 0 Å². The molecule has 1 aromatic rings. The molecule has 0 aliphatic heterocycles. The first-order chi connectivity index (χ1) is 7.81. The molecular weight excluding hydrogens is 198 g/mol. The summed E-state index contributed by atoms with van der Waals surface area (Å²) in [6, 6.07) is 8.37. The Kier molecular flexibility index (Phi) is 2.11. The third-order valence-electron chi connectivity index (χ3n) is 3.71. The van der Waals surface area contributed by atoms with Crippen molar-refractivity contribution < 1.29 is 5.11 Å². The van der Waals surface area contributed by atoms with Crippen LogP contribution in [-0.4, -0.2) is 11.7 Å². The molecule has 0 fully saturated rings. The second-order valence-electron chi connectivity index (χ2n) is 4.55. The largest absolute Gasteiger partial charge is 0.399 e. The van der Waals surface area contributed by atoms with Crippen LogP contribution in [0.3, 0.4) is 0 Å². The van der Waals surface area contributed by atoms with Crippen molar-refractivity contribution in [3.05, 3.63) is 59.3 Å². The predicted molar refractivity (Wildman–Crippen MR) is 63.9 cm³/mol. The van der Waals surface area contributed by atoms with Crippen molar-refractivity contribution in [3.63, 3.8) is 0 Å². The molecule has 0 spiro atoms. The van der Waals surface area contributed by atoms with Gasteiger partial charge in [0.2, 0.25) is 0 Å². The Hall–Kier alpha value is -1.54. The van der Waals surface area contributed by atoms with E-state index in [0.29, 0.717) is 11.8 Å². The zero-order valence-corrected chi connectivity index (χ0v) is 9.01. The number of aliphatic hydroxyl groups is 1. The van der Waals surface area contributed by atoms with Crippen LogP contribution in [0.5, 0.6) is 0 Å². The summed E-state index contributed by atoms with van der Waals surface area (Å²) in [5, 5.41) is 9.54. The average molecular weight is 213 g/mol. The molecule has 3 N–H and O–H groups in total. The zero-order chi connectivity index (χ0) is 11.1. The summed E-state index contributed by atoms with van der Waals surface area (Å²) < 4.78 is 0. The molecule has 0 aromatic heterocycles. The molecule has 3 atom stereocenters. The molecule has 2 aliphatic carbocycles. The molecule has 0 heterocycles. The molecule has 2 aliphatic rings. The number of benzene rings is 1. The number of hydrogen-bond acceptors (Lipinski definition) is 2. The van der Waals surface area contributed by atoms with Crippen LogP contribution < -0.4 is 5.73 Å². The van der Waals surface area contributed by atoms with Crippen molar-refractivity contribution in [3.8, 4) is 0 Å². The Morgan fingerprint density at radius 3 is 2.69 bits per heavy atom. The van der Waals surface area contributed by atoms with Crippen LogP contribution in [0, 0.1) is 5.92 Å². The van der Waals surface area contributed by atoms with Crippen molar-refractivity contribution >= 4 is 0 Å². The summed E-state index contributed by atoms with van der Waals surface area (Å²) in [6.07, 6.45) is 6.22. The van der Waals surface area contributed by atoms with E-state index in [9.17, 15) is 5.11 Å². The molecule has 16 heavy (non-hydrogen) atoms. The Morgan fingerprint density at radius 2 is 1.94 bits per heavy atom. The lowest BCUT2D eigenvalue weighted by Gasteiger charge is -2.22. The Balaban J connectivity index is 2.12. The van der Waals surface area contributed by atoms with E-state index in [1.165, 1.54) is 11.1 Å². The van der Waals surface area contributed by atoms with Crippen molar-refractivity contribution in [2.75, 3.05) is 6.61 Å². The summed E-state index contributed by atoms with van der Waals surface area (Å²) in [4.78, 5) is 0. The Bertz CT molecular complexity index is 475. The van der Waals surface area contributed by atoms with Crippen molar-refractivity contribution in [1.29, 1.82) is 0 Å². The van der Waals surface area contributed by atoms with Crippen LogP contribution >= 0.6 is 0 Å². The van der Waals surface area contributed by atoms with Gasteiger partial charge in [0.1, 0.15) is 0 Å². The van der Waals surface area contributed by atoms with Gasteiger partial charge in [-0.05, 0) is 23.1 Å². The van der Waals surface area contributed by atoms with E-state index in [1.54, 1.807) is 0 Å². The lowest BCUT2D eigenvalue weighted by molar-refractivity contribution is 0.244. The standard InChI is InChI=1S/C14H15NO/c15-9-5-6-12-10-3-1-2-4-11(10)14(8-16)13(12)7-9/h1-7,12-14,16H,8,15H2. The Labute approximate surface area is 95.1 Å². The monoisotopic (exact) mass is 213 g/mol. The van der Waals surface area contributed by atoms with E-state index in [-0.39, 0.29) is 12.5 Å². The number of nitrogens with two attached hydrogens (primary N) is 1. The van der Waals surface area contributed by atoms with Gasteiger partial charge in [-0.25, -0.2) is 0 Å². The summed E-state index contributed by atoms with van der Waals surface area (Å²) in [7, 11) is 0.